The zero-order valence-electron chi connectivity index (χ0n) is 17.5. The van der Waals surface area contributed by atoms with Crippen molar-refractivity contribution in [1.82, 2.24) is 9.97 Å². The molecule has 146 valence electrons. The van der Waals surface area contributed by atoms with Crippen molar-refractivity contribution in [2.75, 3.05) is 0 Å². The van der Waals surface area contributed by atoms with Crippen molar-refractivity contribution in [3.63, 3.8) is 0 Å². The Kier molecular flexibility index (Phi) is 4.04. The van der Waals surface area contributed by atoms with E-state index in [1.807, 2.05) is 13.1 Å². The summed E-state index contributed by atoms with van der Waals surface area (Å²) in [5, 5.41) is 3.35. The van der Waals surface area contributed by atoms with Crippen molar-refractivity contribution in [3.8, 4) is 11.3 Å². The molecule has 29 heavy (non-hydrogen) atoms. The number of hydrogen-bond donors (Lipinski definition) is 0. The predicted octanol–water partition coefficient (Wildman–Crippen LogP) is 7.46. The first kappa shape index (κ1) is 18.3. The van der Waals surface area contributed by atoms with Gasteiger partial charge in [0.05, 0.1) is 20.9 Å². The third kappa shape index (κ3) is 3.22. The van der Waals surface area contributed by atoms with E-state index < -0.39 is 0 Å². The third-order valence-electron chi connectivity index (χ3n) is 5.33. The Morgan fingerprint density at radius 1 is 1.03 bits per heavy atom. The van der Waals surface area contributed by atoms with Gasteiger partial charge in [-0.25, -0.2) is 4.98 Å². The first-order chi connectivity index (χ1) is 13.8. The Balaban J connectivity index is 1.72. The van der Waals surface area contributed by atoms with Gasteiger partial charge in [-0.2, -0.15) is 0 Å². The molecule has 3 aromatic heterocycles. The van der Waals surface area contributed by atoms with Crippen LogP contribution in [0, 0.1) is 19.3 Å². The fourth-order valence-electron chi connectivity index (χ4n) is 4.01. The Morgan fingerprint density at radius 2 is 1.86 bits per heavy atom. The SMILES string of the molecule is Cc1nc2cc3oc4c(-c5cc(CC(C)(C)C)c(C)cn5)cccc4c3cc2s1. The molecule has 0 amide bonds. The number of fused-ring (bicyclic) bond motifs is 4. The fourth-order valence-corrected chi connectivity index (χ4v) is 4.86. The van der Waals surface area contributed by atoms with Crippen LogP contribution in [0.5, 0.6) is 0 Å². The summed E-state index contributed by atoms with van der Waals surface area (Å²) < 4.78 is 7.55. The average Bonchev–Trinajstić information content (AvgIpc) is 3.18. The lowest BCUT2D eigenvalue weighted by Gasteiger charge is -2.20. The second-order valence-corrected chi connectivity index (χ2v) is 10.3. The van der Waals surface area contributed by atoms with Gasteiger partial charge in [0.1, 0.15) is 11.2 Å². The molecule has 0 spiro atoms. The molecule has 4 heteroatoms. The number of rotatable bonds is 2. The van der Waals surface area contributed by atoms with Gasteiger partial charge in [-0.1, -0.05) is 32.9 Å². The molecule has 0 atom stereocenters. The van der Waals surface area contributed by atoms with Crippen molar-refractivity contribution in [2.45, 2.75) is 41.0 Å². The van der Waals surface area contributed by atoms with Gasteiger partial charge in [-0.15, -0.1) is 11.3 Å². The molecule has 0 fully saturated rings. The lowest BCUT2D eigenvalue weighted by atomic mass is 9.86. The van der Waals surface area contributed by atoms with Crippen molar-refractivity contribution >= 4 is 43.5 Å². The minimum atomic E-state index is 0.228. The Hall–Kier alpha value is -2.72. The molecule has 0 bridgehead atoms. The molecule has 0 saturated heterocycles. The molecule has 5 aromatic rings. The van der Waals surface area contributed by atoms with Crippen LogP contribution >= 0.6 is 11.3 Å². The highest BCUT2D eigenvalue weighted by Crippen LogP contribution is 2.38. The smallest absolute Gasteiger partial charge is 0.144 e. The molecule has 0 aliphatic heterocycles. The fraction of sp³-hybridized carbons (Fsp3) is 0.280. The molecule has 5 rings (SSSR count). The Bertz CT molecular complexity index is 1390. The minimum absolute atomic E-state index is 0.228. The summed E-state index contributed by atoms with van der Waals surface area (Å²) in [4.78, 5) is 9.36. The van der Waals surface area contributed by atoms with E-state index in [-0.39, 0.29) is 5.41 Å². The standard InChI is InChI=1S/C25H24N2OS/c1-14-13-26-20(9-16(14)12-25(3,4)5)18-8-6-7-17-19-10-23-21(27-15(2)29-23)11-22(19)28-24(17)18/h6-11,13H,12H2,1-5H3. The van der Waals surface area contributed by atoms with E-state index in [9.17, 15) is 0 Å². The maximum Gasteiger partial charge on any atom is 0.144 e. The lowest BCUT2D eigenvalue weighted by molar-refractivity contribution is 0.410. The second kappa shape index (κ2) is 6.39. The van der Waals surface area contributed by atoms with Crippen LogP contribution in [0.3, 0.4) is 0 Å². The largest absolute Gasteiger partial charge is 0.455 e. The molecule has 2 aromatic carbocycles. The number of para-hydroxylation sites is 1. The molecular formula is C25H24N2OS. The molecule has 0 N–H and O–H groups in total. The molecular weight excluding hydrogens is 376 g/mol. The topological polar surface area (TPSA) is 38.9 Å². The van der Waals surface area contributed by atoms with Gasteiger partial charge >= 0.3 is 0 Å². The highest BCUT2D eigenvalue weighted by Gasteiger charge is 2.17. The van der Waals surface area contributed by atoms with E-state index in [0.717, 1.165) is 50.1 Å². The van der Waals surface area contributed by atoms with Crippen molar-refractivity contribution in [2.24, 2.45) is 5.41 Å². The summed E-state index contributed by atoms with van der Waals surface area (Å²) in [6.45, 7) is 11.0. The second-order valence-electron chi connectivity index (χ2n) is 9.07. The summed E-state index contributed by atoms with van der Waals surface area (Å²) in [5.41, 5.74) is 7.60. The first-order valence-corrected chi connectivity index (χ1v) is 10.8. The van der Waals surface area contributed by atoms with E-state index in [1.54, 1.807) is 11.3 Å². The number of aryl methyl sites for hydroxylation is 2. The van der Waals surface area contributed by atoms with Crippen molar-refractivity contribution in [3.05, 3.63) is 58.7 Å². The number of nitrogens with zero attached hydrogens (tertiary/aromatic N) is 2. The monoisotopic (exact) mass is 400 g/mol. The Morgan fingerprint density at radius 3 is 2.66 bits per heavy atom. The number of benzene rings is 2. The maximum absolute atomic E-state index is 6.35. The van der Waals surface area contributed by atoms with Gasteiger partial charge in [-0.05, 0) is 55.0 Å². The average molecular weight is 401 g/mol. The van der Waals surface area contributed by atoms with Gasteiger partial charge in [0.15, 0.2) is 0 Å². The molecule has 0 unspecified atom stereocenters. The molecule has 3 nitrogen and oxygen atoms in total. The zero-order valence-corrected chi connectivity index (χ0v) is 18.3. The third-order valence-corrected chi connectivity index (χ3v) is 6.26. The molecule has 0 radical (unpaired) electrons. The number of thiazole rings is 1. The van der Waals surface area contributed by atoms with Crippen LogP contribution in [0.2, 0.25) is 0 Å². The van der Waals surface area contributed by atoms with E-state index in [4.69, 9.17) is 9.40 Å². The van der Waals surface area contributed by atoms with E-state index in [0.29, 0.717) is 0 Å². The van der Waals surface area contributed by atoms with Gasteiger partial charge in [-0.3, -0.25) is 4.98 Å². The van der Waals surface area contributed by atoms with Gasteiger partial charge in [0, 0.05) is 28.6 Å². The van der Waals surface area contributed by atoms with Gasteiger partial charge in [0.25, 0.3) is 0 Å². The molecule has 0 saturated carbocycles. The van der Waals surface area contributed by atoms with Crippen LogP contribution in [0.25, 0.3) is 43.4 Å². The minimum Gasteiger partial charge on any atom is -0.455 e. The quantitative estimate of drug-likeness (QED) is 0.309. The summed E-state index contributed by atoms with van der Waals surface area (Å²) in [6.07, 6.45) is 3.01. The van der Waals surface area contributed by atoms with Gasteiger partial charge < -0.3 is 4.42 Å². The van der Waals surface area contributed by atoms with Gasteiger partial charge in [0.2, 0.25) is 0 Å². The summed E-state index contributed by atoms with van der Waals surface area (Å²) in [5.74, 6) is 0. The number of pyridine rings is 1. The normalized spacial score (nSPS) is 12.4. The van der Waals surface area contributed by atoms with Crippen LogP contribution in [0.1, 0.15) is 36.9 Å². The number of furan rings is 1. The highest BCUT2D eigenvalue weighted by atomic mass is 32.1. The first-order valence-electron chi connectivity index (χ1n) is 9.97. The predicted molar refractivity (Wildman–Crippen MR) is 123 cm³/mol. The van der Waals surface area contributed by atoms with Crippen LogP contribution in [0.15, 0.2) is 47.0 Å². The van der Waals surface area contributed by atoms with E-state index in [2.05, 4.69) is 69.1 Å². The van der Waals surface area contributed by atoms with E-state index >= 15 is 0 Å². The van der Waals surface area contributed by atoms with Crippen LogP contribution in [0.4, 0.5) is 0 Å². The highest BCUT2D eigenvalue weighted by molar-refractivity contribution is 7.18. The van der Waals surface area contributed by atoms with Crippen molar-refractivity contribution < 1.29 is 4.42 Å². The number of aromatic nitrogens is 2. The lowest BCUT2D eigenvalue weighted by Crippen LogP contribution is -2.10. The van der Waals surface area contributed by atoms with E-state index in [1.165, 1.54) is 15.8 Å². The van der Waals surface area contributed by atoms with Crippen molar-refractivity contribution in [1.29, 1.82) is 0 Å². The molecule has 3 heterocycles. The molecule has 0 aliphatic rings. The molecule has 0 aliphatic carbocycles. The van der Waals surface area contributed by atoms with Crippen LogP contribution in [-0.4, -0.2) is 9.97 Å². The summed E-state index contributed by atoms with van der Waals surface area (Å²) in [7, 11) is 0. The maximum atomic E-state index is 6.35. The van der Waals surface area contributed by atoms with Crippen LogP contribution in [-0.2, 0) is 6.42 Å². The zero-order chi connectivity index (χ0) is 20.3. The number of hydrogen-bond acceptors (Lipinski definition) is 4. The van der Waals surface area contributed by atoms with Crippen LogP contribution < -0.4 is 0 Å². The summed E-state index contributed by atoms with van der Waals surface area (Å²) in [6, 6.07) is 12.8. The Labute approximate surface area is 174 Å². The summed E-state index contributed by atoms with van der Waals surface area (Å²) >= 11 is 1.72.